The fourth-order valence-electron chi connectivity index (χ4n) is 1.55. The van der Waals surface area contributed by atoms with Crippen molar-refractivity contribution < 1.29 is 13.9 Å². The van der Waals surface area contributed by atoms with Crippen molar-refractivity contribution in [3.8, 4) is 0 Å². The molecule has 0 fully saturated rings. The van der Waals surface area contributed by atoms with Gasteiger partial charge in [-0.3, -0.25) is 4.79 Å². The third kappa shape index (κ3) is 3.66. The van der Waals surface area contributed by atoms with Crippen molar-refractivity contribution in [3.05, 3.63) is 23.6 Å². The quantitative estimate of drug-likeness (QED) is 0.780. The van der Waals surface area contributed by atoms with Gasteiger partial charge >= 0.3 is 0 Å². The molecule has 0 bridgehead atoms. The first-order chi connectivity index (χ1) is 8.60. The minimum absolute atomic E-state index is 0.234. The largest absolute Gasteiger partial charge is 0.385 e. The van der Waals surface area contributed by atoms with Crippen LogP contribution in [-0.2, 0) is 4.74 Å². The maximum atomic E-state index is 13.1. The highest BCUT2D eigenvalue weighted by Gasteiger charge is 2.17. The lowest BCUT2D eigenvalue weighted by Crippen LogP contribution is -2.29. The average Bonchev–Trinajstić information content (AvgIpc) is 2.38. The number of hydrogen-bond acceptors (Lipinski definition) is 4. The fraction of sp³-hybridized carbons (Fsp3) is 0.500. The van der Waals surface area contributed by atoms with Crippen molar-refractivity contribution in [1.82, 2.24) is 9.88 Å². The van der Waals surface area contributed by atoms with Crippen LogP contribution < -0.4 is 5.32 Å². The minimum Gasteiger partial charge on any atom is -0.385 e. The van der Waals surface area contributed by atoms with E-state index in [0.717, 1.165) is 12.6 Å². The molecule has 1 N–H and O–H groups in total. The lowest BCUT2D eigenvalue weighted by molar-refractivity contribution is 0.0779. The summed E-state index contributed by atoms with van der Waals surface area (Å²) in [5.74, 6) is -0.412. The normalized spacial score (nSPS) is 10.2. The summed E-state index contributed by atoms with van der Waals surface area (Å²) in [7, 11) is 4.92. The molecule has 0 spiro atoms. The number of ether oxygens (including phenoxy) is 1. The first-order valence-corrected chi connectivity index (χ1v) is 5.67. The number of methoxy groups -OCH3 is 1. The molecule has 1 amide bonds. The number of pyridine rings is 1. The Hall–Kier alpha value is -1.69. The topological polar surface area (TPSA) is 54.5 Å². The number of nitrogens with one attached hydrogen (secondary N) is 1. The third-order valence-electron chi connectivity index (χ3n) is 2.51. The maximum Gasteiger partial charge on any atom is 0.257 e. The molecule has 1 rings (SSSR count). The summed E-state index contributed by atoms with van der Waals surface area (Å²) in [6.07, 6.45) is 1.81. The summed E-state index contributed by atoms with van der Waals surface area (Å²) in [5, 5.41) is 2.78. The standard InChI is InChI=1S/C12H18FN3O2/c1-14-11-10(7-9(13)8-15-11)12(17)16(2)5-4-6-18-3/h7-8H,4-6H2,1-3H3,(H,14,15). The Morgan fingerprint density at radius 1 is 1.61 bits per heavy atom. The number of aromatic nitrogens is 1. The summed E-state index contributed by atoms with van der Waals surface area (Å²) in [5.41, 5.74) is 0.234. The molecule has 0 unspecified atom stereocenters. The van der Waals surface area contributed by atoms with Gasteiger partial charge in [0.05, 0.1) is 11.8 Å². The van der Waals surface area contributed by atoms with Gasteiger partial charge in [0, 0.05) is 34.4 Å². The zero-order valence-corrected chi connectivity index (χ0v) is 10.9. The van der Waals surface area contributed by atoms with Gasteiger partial charge in [-0.2, -0.15) is 0 Å². The summed E-state index contributed by atoms with van der Waals surface area (Å²) >= 11 is 0. The molecule has 1 aromatic rings. The van der Waals surface area contributed by atoms with Crippen LogP contribution in [0.15, 0.2) is 12.3 Å². The predicted molar refractivity (Wildman–Crippen MR) is 67.2 cm³/mol. The van der Waals surface area contributed by atoms with E-state index in [1.807, 2.05) is 0 Å². The van der Waals surface area contributed by atoms with E-state index in [4.69, 9.17) is 4.74 Å². The van der Waals surface area contributed by atoms with Gasteiger partial charge in [-0.25, -0.2) is 9.37 Å². The van der Waals surface area contributed by atoms with Gasteiger partial charge in [-0.15, -0.1) is 0 Å². The van der Waals surface area contributed by atoms with Gasteiger partial charge in [0.15, 0.2) is 0 Å². The number of amides is 1. The monoisotopic (exact) mass is 255 g/mol. The Kier molecular flexibility index (Phi) is 5.51. The number of carbonyl (C=O) groups is 1. The lowest BCUT2D eigenvalue weighted by atomic mass is 10.2. The van der Waals surface area contributed by atoms with E-state index in [-0.39, 0.29) is 11.5 Å². The van der Waals surface area contributed by atoms with Crippen LogP contribution in [0.4, 0.5) is 10.2 Å². The Bertz CT molecular complexity index is 412. The molecule has 100 valence electrons. The van der Waals surface area contributed by atoms with Crippen molar-refractivity contribution in [3.63, 3.8) is 0 Å². The van der Waals surface area contributed by atoms with Crippen LogP contribution in [0.5, 0.6) is 0 Å². The highest BCUT2D eigenvalue weighted by atomic mass is 19.1. The van der Waals surface area contributed by atoms with Crippen molar-refractivity contribution >= 4 is 11.7 Å². The van der Waals surface area contributed by atoms with Crippen LogP contribution >= 0.6 is 0 Å². The van der Waals surface area contributed by atoms with E-state index < -0.39 is 5.82 Å². The predicted octanol–water partition coefficient (Wildman–Crippen LogP) is 1.37. The highest BCUT2D eigenvalue weighted by molar-refractivity contribution is 5.98. The van der Waals surface area contributed by atoms with Crippen molar-refractivity contribution in [2.75, 3.05) is 39.7 Å². The second-order valence-corrected chi connectivity index (χ2v) is 3.87. The van der Waals surface area contributed by atoms with Gasteiger partial charge < -0.3 is 15.0 Å². The smallest absolute Gasteiger partial charge is 0.257 e. The molecule has 18 heavy (non-hydrogen) atoms. The number of anilines is 1. The van der Waals surface area contributed by atoms with E-state index in [2.05, 4.69) is 10.3 Å². The number of carbonyl (C=O) groups excluding carboxylic acids is 1. The summed E-state index contributed by atoms with van der Waals surface area (Å²) < 4.78 is 18.1. The summed E-state index contributed by atoms with van der Waals surface area (Å²) in [4.78, 5) is 17.5. The SMILES string of the molecule is CNc1ncc(F)cc1C(=O)N(C)CCCOC. The first-order valence-electron chi connectivity index (χ1n) is 5.67. The van der Waals surface area contributed by atoms with Crippen LogP contribution in [0.3, 0.4) is 0 Å². The molecular formula is C12H18FN3O2. The number of rotatable bonds is 6. The molecule has 0 radical (unpaired) electrons. The van der Waals surface area contributed by atoms with Gasteiger partial charge in [-0.05, 0) is 12.5 Å². The molecule has 0 atom stereocenters. The first kappa shape index (κ1) is 14.4. The van der Waals surface area contributed by atoms with Crippen molar-refractivity contribution in [2.24, 2.45) is 0 Å². The molecule has 0 aromatic carbocycles. The van der Waals surface area contributed by atoms with Gasteiger partial charge in [-0.1, -0.05) is 0 Å². The molecule has 5 nitrogen and oxygen atoms in total. The molecule has 0 aliphatic rings. The summed E-state index contributed by atoms with van der Waals surface area (Å²) in [6, 6.07) is 1.19. The molecule has 1 aromatic heterocycles. The summed E-state index contributed by atoms with van der Waals surface area (Å²) in [6.45, 7) is 1.13. The van der Waals surface area contributed by atoms with Gasteiger partial charge in [0.2, 0.25) is 0 Å². The van der Waals surface area contributed by atoms with Crippen LogP contribution in [-0.4, -0.2) is 50.1 Å². The van der Waals surface area contributed by atoms with Crippen LogP contribution in [0.25, 0.3) is 0 Å². The average molecular weight is 255 g/mol. The van der Waals surface area contributed by atoms with Crippen LogP contribution in [0, 0.1) is 5.82 Å². The molecule has 1 heterocycles. The molecular weight excluding hydrogens is 237 g/mol. The third-order valence-corrected chi connectivity index (χ3v) is 2.51. The van der Waals surface area contributed by atoms with E-state index >= 15 is 0 Å². The molecule has 0 saturated carbocycles. The minimum atomic E-state index is -0.525. The molecule has 6 heteroatoms. The lowest BCUT2D eigenvalue weighted by Gasteiger charge is -2.18. The number of hydrogen-bond donors (Lipinski definition) is 1. The molecule has 0 aliphatic heterocycles. The Balaban J connectivity index is 2.79. The van der Waals surface area contributed by atoms with Crippen molar-refractivity contribution in [2.45, 2.75) is 6.42 Å². The zero-order valence-electron chi connectivity index (χ0n) is 10.9. The number of halogens is 1. The zero-order chi connectivity index (χ0) is 13.5. The van der Waals surface area contributed by atoms with E-state index in [1.165, 1.54) is 11.0 Å². The van der Waals surface area contributed by atoms with Gasteiger partial charge in [0.1, 0.15) is 11.6 Å². The van der Waals surface area contributed by atoms with E-state index in [9.17, 15) is 9.18 Å². The highest BCUT2D eigenvalue weighted by Crippen LogP contribution is 2.15. The Morgan fingerprint density at radius 2 is 2.33 bits per heavy atom. The second kappa shape index (κ2) is 6.90. The van der Waals surface area contributed by atoms with Crippen LogP contribution in [0.2, 0.25) is 0 Å². The van der Waals surface area contributed by atoms with Gasteiger partial charge in [0.25, 0.3) is 5.91 Å². The van der Waals surface area contributed by atoms with Crippen LogP contribution in [0.1, 0.15) is 16.8 Å². The Labute approximate surface area is 106 Å². The molecule has 0 saturated heterocycles. The maximum absolute atomic E-state index is 13.1. The van der Waals surface area contributed by atoms with E-state index in [1.54, 1.807) is 21.2 Å². The fourth-order valence-corrected chi connectivity index (χ4v) is 1.55. The number of nitrogens with zero attached hydrogens (tertiary/aromatic N) is 2. The second-order valence-electron chi connectivity index (χ2n) is 3.87. The van der Waals surface area contributed by atoms with Crippen molar-refractivity contribution in [1.29, 1.82) is 0 Å². The molecule has 0 aliphatic carbocycles. The Morgan fingerprint density at radius 3 is 2.94 bits per heavy atom. The van der Waals surface area contributed by atoms with E-state index in [0.29, 0.717) is 19.0 Å².